The number of fused-ring (bicyclic) bond motifs is 1. The lowest BCUT2D eigenvalue weighted by atomic mass is 9.69. The van der Waals surface area contributed by atoms with Gasteiger partial charge in [-0.3, -0.25) is 0 Å². The maximum absolute atomic E-state index is 10.9. The minimum Gasteiger partial charge on any atom is -0.496 e. The van der Waals surface area contributed by atoms with E-state index in [1.54, 1.807) is 13.2 Å². The van der Waals surface area contributed by atoms with Crippen molar-refractivity contribution in [2.24, 2.45) is 4.99 Å². The van der Waals surface area contributed by atoms with Crippen molar-refractivity contribution in [3.05, 3.63) is 28.8 Å². The lowest BCUT2D eigenvalue weighted by Crippen LogP contribution is -2.34. The van der Waals surface area contributed by atoms with Crippen LogP contribution in [-0.4, -0.2) is 13.2 Å². The van der Waals surface area contributed by atoms with E-state index in [1.165, 1.54) is 36.0 Å². The first-order valence-electron chi connectivity index (χ1n) is 7.59. The molecule has 3 rings (SSSR count). The highest BCUT2D eigenvalue weighted by molar-refractivity contribution is 5.53. The number of rotatable bonds is 3. The van der Waals surface area contributed by atoms with Gasteiger partial charge in [-0.25, -0.2) is 4.79 Å². The van der Waals surface area contributed by atoms with Crippen molar-refractivity contribution >= 4 is 6.08 Å². The third-order valence-electron chi connectivity index (χ3n) is 4.87. The molecule has 0 atom stereocenters. The summed E-state index contributed by atoms with van der Waals surface area (Å²) in [4.78, 5) is 15.1. The third kappa shape index (κ3) is 2.06. The Hall–Kier alpha value is -1.60. The maximum atomic E-state index is 10.9. The van der Waals surface area contributed by atoms with Gasteiger partial charge in [0.2, 0.25) is 6.08 Å². The Kier molecular flexibility index (Phi) is 3.62. The van der Waals surface area contributed by atoms with E-state index in [0.717, 1.165) is 37.9 Å². The number of ether oxygens (including phenoxy) is 1. The van der Waals surface area contributed by atoms with Gasteiger partial charge in [0.1, 0.15) is 11.3 Å². The number of nitrogens with zero attached hydrogens (tertiary/aromatic N) is 1. The first kappa shape index (κ1) is 13.4. The molecule has 0 unspecified atom stereocenters. The van der Waals surface area contributed by atoms with Crippen LogP contribution >= 0.6 is 0 Å². The molecule has 0 aromatic heterocycles. The minimum atomic E-state index is -0.358. The summed E-state index contributed by atoms with van der Waals surface area (Å²) in [6.07, 6.45) is 10.8. The number of hydrogen-bond donors (Lipinski definition) is 0. The van der Waals surface area contributed by atoms with E-state index in [9.17, 15) is 4.79 Å². The van der Waals surface area contributed by atoms with Crippen LogP contribution in [0.3, 0.4) is 0 Å². The van der Waals surface area contributed by atoms with E-state index in [2.05, 4.69) is 17.1 Å². The molecule has 0 bridgehead atoms. The molecule has 0 spiro atoms. The topological polar surface area (TPSA) is 38.7 Å². The van der Waals surface area contributed by atoms with Gasteiger partial charge in [-0.15, -0.1) is 0 Å². The van der Waals surface area contributed by atoms with Crippen molar-refractivity contribution in [1.29, 1.82) is 0 Å². The van der Waals surface area contributed by atoms with Crippen molar-refractivity contribution in [3.63, 3.8) is 0 Å². The van der Waals surface area contributed by atoms with E-state index in [0.29, 0.717) is 0 Å². The molecular weight excluding hydrogens is 250 g/mol. The zero-order valence-electron chi connectivity index (χ0n) is 12.1. The predicted molar refractivity (Wildman–Crippen MR) is 77.9 cm³/mol. The Bertz CT molecular complexity index is 554. The highest BCUT2D eigenvalue weighted by atomic mass is 16.5. The molecule has 2 aliphatic rings. The molecule has 1 aromatic carbocycles. The van der Waals surface area contributed by atoms with E-state index in [-0.39, 0.29) is 5.54 Å². The molecule has 0 saturated heterocycles. The normalized spacial score (nSPS) is 20.1. The van der Waals surface area contributed by atoms with Crippen LogP contribution in [0.5, 0.6) is 5.75 Å². The van der Waals surface area contributed by atoms with Gasteiger partial charge >= 0.3 is 0 Å². The van der Waals surface area contributed by atoms with Gasteiger partial charge < -0.3 is 4.74 Å². The Balaban J connectivity index is 2.18. The van der Waals surface area contributed by atoms with Gasteiger partial charge in [0.15, 0.2) is 0 Å². The summed E-state index contributed by atoms with van der Waals surface area (Å²) in [5.41, 5.74) is 3.63. The molecular formula is C17H21NO2. The molecule has 1 fully saturated rings. The number of aliphatic imine (C=N–C) groups is 1. The third-order valence-corrected chi connectivity index (χ3v) is 4.87. The van der Waals surface area contributed by atoms with Gasteiger partial charge in [-0.1, -0.05) is 12.5 Å². The van der Waals surface area contributed by atoms with Crippen LogP contribution in [0.2, 0.25) is 0 Å². The quantitative estimate of drug-likeness (QED) is 0.478. The van der Waals surface area contributed by atoms with Crippen LogP contribution < -0.4 is 4.74 Å². The van der Waals surface area contributed by atoms with Gasteiger partial charge in [-0.2, -0.15) is 4.99 Å². The maximum Gasteiger partial charge on any atom is 0.235 e. The summed E-state index contributed by atoms with van der Waals surface area (Å²) in [5.74, 6) is 0.893. The van der Waals surface area contributed by atoms with E-state index in [4.69, 9.17) is 4.74 Å². The van der Waals surface area contributed by atoms with Crippen LogP contribution in [0.1, 0.15) is 55.2 Å². The Morgan fingerprint density at radius 2 is 1.95 bits per heavy atom. The fraction of sp³-hybridized carbons (Fsp3) is 0.588. The summed E-state index contributed by atoms with van der Waals surface area (Å²) >= 11 is 0. The summed E-state index contributed by atoms with van der Waals surface area (Å²) in [6.45, 7) is 0. The fourth-order valence-corrected chi connectivity index (χ4v) is 3.68. The Labute approximate surface area is 120 Å². The first-order valence-corrected chi connectivity index (χ1v) is 7.59. The molecule has 3 heteroatoms. The SMILES string of the molecule is COc1ccc2c(c1C1(N=C=O)CCC1)CCCCC2. The molecule has 3 nitrogen and oxygen atoms in total. The van der Waals surface area contributed by atoms with E-state index in [1.807, 2.05) is 0 Å². The standard InChI is InChI=1S/C17H21NO2/c1-20-15-9-8-13-6-3-2-4-7-14(13)16(15)17(18-12-19)10-5-11-17/h8-9H,2-7,10-11H2,1H3. The predicted octanol–water partition coefficient (Wildman–Crippen LogP) is 3.68. The lowest BCUT2D eigenvalue weighted by Gasteiger charge is -2.39. The molecule has 20 heavy (non-hydrogen) atoms. The monoisotopic (exact) mass is 271 g/mol. The van der Waals surface area contributed by atoms with Crippen LogP contribution in [0, 0.1) is 0 Å². The second kappa shape index (κ2) is 5.41. The average Bonchev–Trinajstić information content (AvgIpc) is 2.67. The zero-order valence-corrected chi connectivity index (χ0v) is 12.1. The second-order valence-corrected chi connectivity index (χ2v) is 5.93. The summed E-state index contributed by atoms with van der Waals surface area (Å²) < 4.78 is 5.59. The van der Waals surface area contributed by atoms with Gasteiger partial charge in [-0.05, 0) is 62.1 Å². The molecule has 0 N–H and O–H groups in total. The summed E-state index contributed by atoms with van der Waals surface area (Å²) in [5, 5.41) is 0. The summed E-state index contributed by atoms with van der Waals surface area (Å²) in [7, 11) is 1.71. The largest absolute Gasteiger partial charge is 0.496 e. The van der Waals surface area contributed by atoms with Crippen LogP contribution in [0.25, 0.3) is 0 Å². The zero-order chi connectivity index (χ0) is 14.0. The number of carbonyl (C=O) groups excluding carboxylic acids is 1. The lowest BCUT2D eigenvalue weighted by molar-refractivity contribution is 0.244. The molecule has 1 aromatic rings. The Morgan fingerprint density at radius 3 is 2.60 bits per heavy atom. The van der Waals surface area contributed by atoms with Crippen molar-refractivity contribution < 1.29 is 9.53 Å². The molecule has 1 saturated carbocycles. The smallest absolute Gasteiger partial charge is 0.235 e. The molecule has 106 valence electrons. The molecule has 0 amide bonds. The van der Waals surface area contributed by atoms with Crippen LogP contribution in [-0.2, 0) is 23.2 Å². The molecule has 0 aliphatic heterocycles. The first-order chi connectivity index (χ1) is 9.80. The Morgan fingerprint density at radius 1 is 1.15 bits per heavy atom. The highest BCUT2D eigenvalue weighted by Crippen LogP contribution is 2.50. The minimum absolute atomic E-state index is 0.358. The number of benzene rings is 1. The van der Waals surface area contributed by atoms with Crippen LogP contribution in [0.4, 0.5) is 0 Å². The summed E-state index contributed by atoms with van der Waals surface area (Å²) in [6, 6.07) is 4.25. The number of hydrogen-bond acceptors (Lipinski definition) is 3. The molecule has 2 aliphatic carbocycles. The molecule has 0 heterocycles. The van der Waals surface area contributed by atoms with E-state index >= 15 is 0 Å². The van der Waals surface area contributed by atoms with Crippen molar-refractivity contribution in [2.75, 3.05) is 7.11 Å². The van der Waals surface area contributed by atoms with Gasteiger partial charge in [0, 0.05) is 5.56 Å². The van der Waals surface area contributed by atoms with Crippen molar-refractivity contribution in [3.8, 4) is 5.75 Å². The van der Waals surface area contributed by atoms with Gasteiger partial charge in [0.25, 0.3) is 0 Å². The number of methoxy groups -OCH3 is 1. The average molecular weight is 271 g/mol. The van der Waals surface area contributed by atoms with Crippen molar-refractivity contribution in [2.45, 2.75) is 56.9 Å². The number of isocyanates is 1. The van der Waals surface area contributed by atoms with Gasteiger partial charge in [0.05, 0.1) is 7.11 Å². The van der Waals surface area contributed by atoms with Crippen LogP contribution in [0.15, 0.2) is 17.1 Å². The second-order valence-electron chi connectivity index (χ2n) is 5.93. The highest BCUT2D eigenvalue weighted by Gasteiger charge is 2.43. The fourth-order valence-electron chi connectivity index (χ4n) is 3.68. The van der Waals surface area contributed by atoms with Crippen molar-refractivity contribution in [1.82, 2.24) is 0 Å². The molecule has 0 radical (unpaired) electrons. The van der Waals surface area contributed by atoms with E-state index < -0.39 is 0 Å². The number of aryl methyl sites for hydroxylation is 1.